The Bertz CT molecular complexity index is 1080. The van der Waals surface area contributed by atoms with Gasteiger partial charge in [-0.25, -0.2) is 0 Å². The summed E-state index contributed by atoms with van der Waals surface area (Å²) in [6.07, 6.45) is 0. The molecule has 0 spiro atoms. The van der Waals surface area contributed by atoms with Crippen molar-refractivity contribution in [1.29, 1.82) is 10.5 Å². The Hall–Kier alpha value is -2.78. The molecule has 0 saturated heterocycles. The molecule has 0 atom stereocenters. The molecule has 0 unspecified atom stereocenters. The Morgan fingerprint density at radius 2 is 1.32 bits per heavy atom. The lowest BCUT2D eigenvalue weighted by atomic mass is 10.1. The van der Waals surface area contributed by atoms with Gasteiger partial charge >= 0.3 is 0 Å². The molecule has 1 heterocycles. The van der Waals surface area contributed by atoms with Gasteiger partial charge in [0.15, 0.2) is 0 Å². The number of quaternary nitrogens is 2. The number of hydrogen-bond donors (Lipinski definition) is 2. The topological polar surface area (TPSA) is 74.9 Å². The number of rotatable bonds is 16. The molecule has 0 radical (unpaired) electrons. The lowest BCUT2D eigenvalue weighted by Gasteiger charge is -2.40. The molecule has 1 aromatic carbocycles. The highest BCUT2D eigenvalue weighted by Gasteiger charge is 2.25. The molecule has 1 aromatic heterocycles. The monoisotopic (exact) mass is 539 g/mol. The van der Waals surface area contributed by atoms with Gasteiger partial charge in [0.2, 0.25) is 0 Å². The summed E-state index contributed by atoms with van der Waals surface area (Å²) in [5.41, 5.74) is 11.1. The average molecular weight is 540 g/mol. The van der Waals surface area contributed by atoms with Crippen LogP contribution in [-0.2, 0) is 0 Å². The van der Waals surface area contributed by atoms with E-state index in [9.17, 15) is 10.5 Å². The molecule has 2 aromatic rings. The molecule has 0 saturated carbocycles. The summed E-state index contributed by atoms with van der Waals surface area (Å²) in [7, 11) is 0. The minimum atomic E-state index is 0.522. The second-order valence-corrected chi connectivity index (χ2v) is 11.3. The molecular formula is C30H49N7S+2. The fraction of sp³-hybridized carbons (Fsp3) is 0.600. The summed E-state index contributed by atoms with van der Waals surface area (Å²) in [5, 5.41) is 19.6. The smallest absolute Gasteiger partial charge is 0.127 e. The SMILES string of the molecule is CC[N+](CC)(CC)CCN(CC[N+](CC)(CC)CC)c1ccc(NNc2sc(C#N)c(C)c2C#N)c(C)c1. The molecule has 0 aliphatic rings. The van der Waals surface area contributed by atoms with Gasteiger partial charge < -0.3 is 13.9 Å². The molecule has 2 rings (SSSR count). The molecular weight excluding hydrogens is 490 g/mol. The lowest BCUT2D eigenvalue weighted by Crippen LogP contribution is -2.54. The largest absolute Gasteiger partial charge is 0.360 e. The van der Waals surface area contributed by atoms with E-state index < -0.39 is 0 Å². The number of thiophene rings is 1. The van der Waals surface area contributed by atoms with Gasteiger partial charge in [-0.3, -0.25) is 10.9 Å². The second-order valence-electron chi connectivity index (χ2n) is 10.2. The number of hydrazine groups is 1. The zero-order valence-electron chi connectivity index (χ0n) is 24.9. The van der Waals surface area contributed by atoms with Gasteiger partial charge in [0.1, 0.15) is 22.0 Å². The maximum absolute atomic E-state index is 9.55. The van der Waals surface area contributed by atoms with E-state index in [1.165, 1.54) is 17.0 Å². The van der Waals surface area contributed by atoms with Crippen LogP contribution in [-0.4, -0.2) is 74.4 Å². The van der Waals surface area contributed by atoms with Crippen molar-refractivity contribution in [2.24, 2.45) is 0 Å². The van der Waals surface area contributed by atoms with E-state index >= 15 is 0 Å². The van der Waals surface area contributed by atoms with Crippen LogP contribution < -0.4 is 15.8 Å². The minimum absolute atomic E-state index is 0.522. The summed E-state index contributed by atoms with van der Waals surface area (Å²) < 4.78 is 2.28. The van der Waals surface area contributed by atoms with Gasteiger partial charge in [-0.2, -0.15) is 10.5 Å². The number of benzene rings is 1. The first-order valence-corrected chi connectivity index (χ1v) is 15.0. The Labute approximate surface area is 235 Å². The van der Waals surface area contributed by atoms with E-state index in [1.54, 1.807) is 0 Å². The number of nitrogens with one attached hydrogen (secondary N) is 2. The third-order valence-corrected chi connectivity index (χ3v) is 10.1. The van der Waals surface area contributed by atoms with Crippen molar-refractivity contribution < 1.29 is 8.97 Å². The first-order chi connectivity index (χ1) is 18.2. The fourth-order valence-corrected chi connectivity index (χ4v) is 6.19. The van der Waals surface area contributed by atoms with Crippen LogP contribution in [0.3, 0.4) is 0 Å². The van der Waals surface area contributed by atoms with Crippen molar-refractivity contribution in [2.75, 3.05) is 81.2 Å². The van der Waals surface area contributed by atoms with Crippen molar-refractivity contribution >= 4 is 27.7 Å². The van der Waals surface area contributed by atoms with Crippen LogP contribution in [0.5, 0.6) is 0 Å². The summed E-state index contributed by atoms with van der Waals surface area (Å²) in [5.74, 6) is 0. The minimum Gasteiger partial charge on any atom is -0.360 e. The molecule has 0 fully saturated rings. The zero-order valence-corrected chi connectivity index (χ0v) is 25.8. The highest BCUT2D eigenvalue weighted by atomic mass is 32.1. The normalized spacial score (nSPS) is 11.6. The third kappa shape index (κ3) is 7.20. The van der Waals surface area contributed by atoms with E-state index in [4.69, 9.17) is 0 Å². The summed E-state index contributed by atoms with van der Waals surface area (Å²) in [6.45, 7) is 29.1. The molecule has 0 bridgehead atoms. The standard InChI is InChI=1S/C30H49N7S/c1-9-36(10-2,11-3)19-17-35(18-20-37(12-4,13-5)14-6)26-15-16-28(24(7)21-26)33-34-30-27(22-31)25(8)29(23-32)38-30/h15-16,21,33-34H,9-14,17-20H2,1-8H3/q+2. The van der Waals surface area contributed by atoms with Crippen molar-refractivity contribution in [3.05, 3.63) is 39.8 Å². The van der Waals surface area contributed by atoms with E-state index in [0.29, 0.717) is 15.4 Å². The van der Waals surface area contributed by atoms with Crippen LogP contribution in [0, 0.1) is 36.5 Å². The van der Waals surface area contributed by atoms with Crippen LogP contribution in [0.1, 0.15) is 63.1 Å². The summed E-state index contributed by atoms with van der Waals surface area (Å²) >= 11 is 1.31. The van der Waals surface area contributed by atoms with E-state index in [1.807, 2.05) is 6.92 Å². The summed E-state index contributed by atoms with van der Waals surface area (Å²) in [6, 6.07) is 11.0. The predicted octanol–water partition coefficient (Wildman–Crippen LogP) is 6.11. The fourth-order valence-electron chi connectivity index (χ4n) is 5.28. The van der Waals surface area contributed by atoms with Gasteiger partial charge in [-0.1, -0.05) is 0 Å². The van der Waals surface area contributed by atoms with Crippen LogP contribution in [0.2, 0.25) is 0 Å². The van der Waals surface area contributed by atoms with Gasteiger partial charge in [0.05, 0.1) is 76.7 Å². The van der Waals surface area contributed by atoms with Gasteiger partial charge in [0.25, 0.3) is 0 Å². The highest BCUT2D eigenvalue weighted by Crippen LogP contribution is 2.32. The van der Waals surface area contributed by atoms with Crippen LogP contribution in [0.15, 0.2) is 18.2 Å². The Morgan fingerprint density at radius 1 is 0.789 bits per heavy atom. The van der Waals surface area contributed by atoms with Crippen LogP contribution in [0.4, 0.5) is 16.4 Å². The van der Waals surface area contributed by atoms with E-state index in [0.717, 1.165) is 91.2 Å². The summed E-state index contributed by atoms with van der Waals surface area (Å²) in [4.78, 5) is 3.15. The third-order valence-electron chi connectivity index (χ3n) is 8.96. The Kier molecular flexibility index (Phi) is 11.9. The number of hydrogen-bond acceptors (Lipinski definition) is 6. The van der Waals surface area contributed by atoms with Crippen molar-refractivity contribution in [2.45, 2.75) is 55.4 Å². The first kappa shape index (κ1) is 31.4. The lowest BCUT2D eigenvalue weighted by molar-refractivity contribution is -0.923. The number of nitrogens with zero attached hydrogens (tertiary/aromatic N) is 5. The van der Waals surface area contributed by atoms with Gasteiger partial charge in [0, 0.05) is 5.69 Å². The molecule has 0 aliphatic carbocycles. The maximum Gasteiger partial charge on any atom is 0.127 e. The van der Waals surface area contributed by atoms with Crippen molar-refractivity contribution in [3.8, 4) is 12.1 Å². The van der Waals surface area contributed by atoms with Crippen molar-refractivity contribution in [1.82, 2.24) is 0 Å². The molecule has 7 nitrogen and oxygen atoms in total. The predicted molar refractivity (Wildman–Crippen MR) is 163 cm³/mol. The number of nitriles is 2. The molecule has 8 heteroatoms. The van der Waals surface area contributed by atoms with Gasteiger partial charge in [-0.05, 0) is 84.7 Å². The Balaban J connectivity index is 2.28. The van der Waals surface area contributed by atoms with Crippen LogP contribution >= 0.6 is 11.3 Å². The van der Waals surface area contributed by atoms with E-state index in [-0.39, 0.29) is 0 Å². The average Bonchev–Trinajstić information content (AvgIpc) is 3.26. The molecule has 38 heavy (non-hydrogen) atoms. The van der Waals surface area contributed by atoms with Crippen LogP contribution in [0.25, 0.3) is 0 Å². The van der Waals surface area contributed by atoms with Crippen molar-refractivity contribution in [3.63, 3.8) is 0 Å². The maximum atomic E-state index is 9.55. The molecule has 0 amide bonds. The number of likely N-dealkylation sites (N-methyl/N-ethyl adjacent to an activating group) is 2. The molecule has 208 valence electrons. The van der Waals surface area contributed by atoms with E-state index in [2.05, 4.69) is 94.6 Å². The highest BCUT2D eigenvalue weighted by molar-refractivity contribution is 7.17. The van der Waals surface area contributed by atoms with Gasteiger partial charge in [-0.15, -0.1) is 11.3 Å². The molecule has 0 aliphatic heterocycles. The Morgan fingerprint density at radius 3 is 1.74 bits per heavy atom. The number of anilines is 3. The number of aryl methyl sites for hydroxylation is 1. The zero-order chi connectivity index (χ0) is 28.3. The molecule has 2 N–H and O–H groups in total. The quantitative estimate of drug-likeness (QED) is 0.199. The second kappa shape index (κ2) is 14.4. The first-order valence-electron chi connectivity index (χ1n) is 14.2.